The number of aromatic nitrogens is 5. The average Bonchev–Trinajstić information content (AvgIpc) is 3.06. The zero-order chi connectivity index (χ0) is 14.8. The number of aromatic carboxylic acids is 1. The van der Waals surface area contributed by atoms with Gasteiger partial charge in [-0.25, -0.2) is 14.5 Å². The van der Waals surface area contributed by atoms with E-state index in [9.17, 15) is 9.90 Å². The van der Waals surface area contributed by atoms with Gasteiger partial charge in [0.15, 0.2) is 5.82 Å². The summed E-state index contributed by atoms with van der Waals surface area (Å²) in [5.74, 6) is -0.114. The van der Waals surface area contributed by atoms with Gasteiger partial charge in [0.2, 0.25) is 5.69 Å². The number of carbonyl (C=O) groups is 1. The Morgan fingerprint density at radius 1 is 1.48 bits per heavy atom. The number of imidazole rings is 1. The fourth-order valence-electron chi connectivity index (χ4n) is 2.57. The molecule has 1 N–H and O–H groups in total. The summed E-state index contributed by atoms with van der Waals surface area (Å²) in [6, 6.07) is 0. The van der Waals surface area contributed by atoms with Gasteiger partial charge in [-0.2, -0.15) is 0 Å². The zero-order valence-electron chi connectivity index (χ0n) is 11.8. The van der Waals surface area contributed by atoms with Crippen molar-refractivity contribution < 1.29 is 14.6 Å². The van der Waals surface area contributed by atoms with Gasteiger partial charge in [0.05, 0.1) is 0 Å². The van der Waals surface area contributed by atoms with Crippen molar-refractivity contribution in [2.75, 3.05) is 13.2 Å². The maximum Gasteiger partial charge on any atom is 0.358 e. The normalized spacial score (nSPS) is 16.2. The van der Waals surface area contributed by atoms with Crippen molar-refractivity contribution in [1.29, 1.82) is 0 Å². The molecule has 0 atom stereocenters. The molecule has 0 radical (unpaired) electrons. The molecule has 0 amide bonds. The Balaban J connectivity index is 1.97. The van der Waals surface area contributed by atoms with E-state index in [0.717, 1.165) is 26.1 Å². The molecule has 2 aromatic heterocycles. The molecule has 3 heterocycles. The molecule has 0 bridgehead atoms. The minimum atomic E-state index is -1.09. The van der Waals surface area contributed by atoms with Crippen LogP contribution in [0.4, 0.5) is 0 Å². The quantitative estimate of drug-likeness (QED) is 0.895. The van der Waals surface area contributed by atoms with Crippen molar-refractivity contribution in [3.8, 4) is 11.5 Å². The molecule has 8 nitrogen and oxygen atoms in total. The van der Waals surface area contributed by atoms with Crippen LogP contribution in [0.3, 0.4) is 0 Å². The number of carboxylic acids is 1. The zero-order valence-corrected chi connectivity index (χ0v) is 11.8. The first kappa shape index (κ1) is 13.7. The Bertz CT molecular complexity index is 642. The largest absolute Gasteiger partial charge is 0.476 e. The van der Waals surface area contributed by atoms with Gasteiger partial charge in [0, 0.05) is 39.2 Å². The van der Waals surface area contributed by atoms with E-state index in [1.54, 1.807) is 21.6 Å². The monoisotopic (exact) mass is 291 g/mol. The van der Waals surface area contributed by atoms with Crippen LogP contribution in [0.2, 0.25) is 0 Å². The van der Waals surface area contributed by atoms with E-state index in [2.05, 4.69) is 15.3 Å². The highest BCUT2D eigenvalue weighted by atomic mass is 16.5. The first-order valence-corrected chi connectivity index (χ1v) is 6.89. The standard InChI is InChI=1S/C13H17N5O3/c1-17-5-4-14-12(17)11-10(13(19)20)15-16-18(11)8-9-2-6-21-7-3-9/h4-5,9H,2-3,6-8H2,1H3,(H,19,20). The third-order valence-electron chi connectivity index (χ3n) is 3.74. The summed E-state index contributed by atoms with van der Waals surface area (Å²) in [7, 11) is 1.82. The summed E-state index contributed by atoms with van der Waals surface area (Å²) in [6.07, 6.45) is 5.30. The van der Waals surface area contributed by atoms with E-state index >= 15 is 0 Å². The number of hydrogen-bond acceptors (Lipinski definition) is 5. The minimum Gasteiger partial charge on any atom is -0.476 e. The van der Waals surface area contributed by atoms with Crippen LogP contribution in [-0.4, -0.2) is 48.8 Å². The molecule has 21 heavy (non-hydrogen) atoms. The summed E-state index contributed by atoms with van der Waals surface area (Å²) < 4.78 is 8.77. The van der Waals surface area contributed by atoms with Crippen molar-refractivity contribution in [3.63, 3.8) is 0 Å². The highest BCUT2D eigenvalue weighted by Crippen LogP contribution is 2.24. The Hall–Kier alpha value is -2.22. The van der Waals surface area contributed by atoms with Crippen LogP contribution < -0.4 is 0 Å². The van der Waals surface area contributed by atoms with Crippen LogP contribution in [0.5, 0.6) is 0 Å². The molecule has 1 aliphatic rings. The van der Waals surface area contributed by atoms with Gasteiger partial charge in [-0.1, -0.05) is 5.21 Å². The van der Waals surface area contributed by atoms with Crippen molar-refractivity contribution >= 4 is 5.97 Å². The molecule has 1 aliphatic heterocycles. The number of nitrogens with zero attached hydrogens (tertiary/aromatic N) is 5. The highest BCUT2D eigenvalue weighted by molar-refractivity contribution is 5.91. The van der Waals surface area contributed by atoms with Gasteiger partial charge in [-0.15, -0.1) is 5.10 Å². The number of ether oxygens (including phenoxy) is 1. The summed E-state index contributed by atoms with van der Waals surface area (Å²) in [5.41, 5.74) is 0.401. The molecule has 112 valence electrons. The molecular formula is C13H17N5O3. The maximum atomic E-state index is 11.4. The Labute approximate surface area is 121 Å². The van der Waals surface area contributed by atoms with E-state index in [1.165, 1.54) is 0 Å². The second kappa shape index (κ2) is 5.65. The van der Waals surface area contributed by atoms with Gasteiger partial charge in [-0.05, 0) is 18.8 Å². The van der Waals surface area contributed by atoms with Gasteiger partial charge < -0.3 is 14.4 Å². The molecular weight excluding hydrogens is 274 g/mol. The second-order valence-corrected chi connectivity index (χ2v) is 5.19. The number of carboxylic acid groups (broad SMARTS) is 1. The van der Waals surface area contributed by atoms with E-state index < -0.39 is 5.97 Å². The highest BCUT2D eigenvalue weighted by Gasteiger charge is 2.25. The minimum absolute atomic E-state index is 0.0589. The first-order valence-electron chi connectivity index (χ1n) is 6.89. The Kier molecular flexibility index (Phi) is 3.70. The molecule has 2 aromatic rings. The van der Waals surface area contributed by atoms with Gasteiger partial charge in [0.25, 0.3) is 0 Å². The van der Waals surface area contributed by atoms with Crippen molar-refractivity contribution in [3.05, 3.63) is 18.1 Å². The first-order chi connectivity index (χ1) is 10.2. The Morgan fingerprint density at radius 3 is 2.86 bits per heavy atom. The smallest absolute Gasteiger partial charge is 0.358 e. The SMILES string of the molecule is Cn1ccnc1-c1c(C(=O)O)nnn1CC1CCOCC1. The summed E-state index contributed by atoms with van der Waals surface area (Å²) in [4.78, 5) is 15.6. The predicted molar refractivity (Wildman–Crippen MR) is 72.7 cm³/mol. The van der Waals surface area contributed by atoms with Crippen LogP contribution in [0.15, 0.2) is 12.4 Å². The lowest BCUT2D eigenvalue weighted by Gasteiger charge is -2.22. The number of rotatable bonds is 4. The summed E-state index contributed by atoms with van der Waals surface area (Å²) >= 11 is 0. The topological polar surface area (TPSA) is 95.1 Å². The lowest BCUT2D eigenvalue weighted by Crippen LogP contribution is -2.21. The summed E-state index contributed by atoms with van der Waals surface area (Å²) in [6.45, 7) is 2.11. The van der Waals surface area contributed by atoms with Gasteiger partial charge >= 0.3 is 5.97 Å². The van der Waals surface area contributed by atoms with E-state index in [4.69, 9.17) is 4.74 Å². The van der Waals surface area contributed by atoms with Crippen molar-refractivity contribution in [1.82, 2.24) is 24.5 Å². The lowest BCUT2D eigenvalue weighted by atomic mass is 10.0. The number of hydrogen-bond donors (Lipinski definition) is 1. The molecule has 1 fully saturated rings. The van der Waals surface area contributed by atoms with Crippen LogP contribution in [0.1, 0.15) is 23.3 Å². The second-order valence-electron chi connectivity index (χ2n) is 5.19. The average molecular weight is 291 g/mol. The fourth-order valence-corrected chi connectivity index (χ4v) is 2.57. The third-order valence-corrected chi connectivity index (χ3v) is 3.74. The Morgan fingerprint density at radius 2 is 2.24 bits per heavy atom. The van der Waals surface area contributed by atoms with Crippen LogP contribution in [0, 0.1) is 5.92 Å². The molecule has 0 unspecified atom stereocenters. The molecule has 1 saturated heterocycles. The van der Waals surface area contributed by atoms with E-state index in [0.29, 0.717) is 24.0 Å². The maximum absolute atomic E-state index is 11.4. The predicted octanol–water partition coefficient (Wildman–Crippen LogP) is 0.803. The van der Waals surface area contributed by atoms with Crippen LogP contribution >= 0.6 is 0 Å². The molecule has 0 spiro atoms. The van der Waals surface area contributed by atoms with Crippen LogP contribution in [0.25, 0.3) is 11.5 Å². The van der Waals surface area contributed by atoms with Crippen molar-refractivity contribution in [2.45, 2.75) is 19.4 Å². The molecule has 3 rings (SSSR count). The van der Waals surface area contributed by atoms with Gasteiger partial charge in [-0.3, -0.25) is 0 Å². The molecule has 0 saturated carbocycles. The molecule has 0 aromatic carbocycles. The number of aryl methyl sites for hydroxylation is 1. The van der Waals surface area contributed by atoms with E-state index in [1.807, 2.05) is 7.05 Å². The lowest BCUT2D eigenvalue weighted by molar-refractivity contribution is 0.0600. The van der Waals surface area contributed by atoms with E-state index in [-0.39, 0.29) is 5.69 Å². The summed E-state index contributed by atoms with van der Waals surface area (Å²) in [5, 5.41) is 17.1. The molecule has 0 aliphatic carbocycles. The molecule has 8 heteroatoms. The fraction of sp³-hybridized carbons (Fsp3) is 0.538. The van der Waals surface area contributed by atoms with Gasteiger partial charge in [0.1, 0.15) is 5.69 Å². The van der Waals surface area contributed by atoms with Crippen molar-refractivity contribution in [2.24, 2.45) is 13.0 Å². The third kappa shape index (κ3) is 2.66. The van der Waals surface area contributed by atoms with Crippen LogP contribution in [-0.2, 0) is 18.3 Å².